The van der Waals surface area contributed by atoms with Crippen LogP contribution in [-0.2, 0) is 0 Å². The molecule has 1 aromatic carbocycles. The molecule has 2 N–H and O–H groups in total. The monoisotopic (exact) mass is 256 g/mol. The Morgan fingerprint density at radius 1 is 1.24 bits per heavy atom. The summed E-state index contributed by atoms with van der Waals surface area (Å²) < 4.78 is 5.83. The van der Waals surface area contributed by atoms with Crippen molar-refractivity contribution in [3.8, 4) is 5.75 Å². The lowest BCUT2D eigenvalue weighted by Gasteiger charge is -2.27. The predicted molar refractivity (Wildman–Crippen MR) is 73.1 cm³/mol. The molecule has 1 fully saturated rings. The summed E-state index contributed by atoms with van der Waals surface area (Å²) in [5.41, 5.74) is 1.25. The molecule has 0 radical (unpaired) electrons. The van der Waals surface area contributed by atoms with Crippen molar-refractivity contribution in [1.82, 2.24) is 10.6 Å². The minimum absolute atomic E-state index is 0. The van der Waals surface area contributed by atoms with Gasteiger partial charge in [-0.15, -0.1) is 12.4 Å². The first kappa shape index (κ1) is 14.3. The van der Waals surface area contributed by atoms with Crippen LogP contribution in [0.4, 0.5) is 0 Å². The first-order valence-electron chi connectivity index (χ1n) is 5.97. The van der Waals surface area contributed by atoms with Crippen LogP contribution in [0.15, 0.2) is 24.3 Å². The zero-order valence-electron chi connectivity index (χ0n) is 10.4. The lowest BCUT2D eigenvalue weighted by atomic mass is 10.0. The lowest BCUT2D eigenvalue weighted by molar-refractivity contribution is 0.236. The average molecular weight is 257 g/mol. The third-order valence-electron chi connectivity index (χ3n) is 2.70. The zero-order chi connectivity index (χ0) is 11.4. The molecule has 1 atom stereocenters. The van der Waals surface area contributed by atoms with E-state index in [2.05, 4.69) is 36.6 Å². The number of hydrogen-bond acceptors (Lipinski definition) is 3. The van der Waals surface area contributed by atoms with Gasteiger partial charge < -0.3 is 15.4 Å². The van der Waals surface area contributed by atoms with E-state index in [0.717, 1.165) is 25.4 Å². The van der Waals surface area contributed by atoms with E-state index in [1.807, 2.05) is 12.1 Å². The van der Waals surface area contributed by atoms with Crippen molar-refractivity contribution in [3.05, 3.63) is 29.8 Å². The van der Waals surface area contributed by atoms with Gasteiger partial charge in [0.15, 0.2) is 0 Å². The quantitative estimate of drug-likeness (QED) is 0.869. The molecule has 1 aliphatic heterocycles. The third-order valence-corrected chi connectivity index (χ3v) is 2.70. The highest BCUT2D eigenvalue weighted by Crippen LogP contribution is 2.26. The second kappa shape index (κ2) is 6.84. The SMILES string of the molecule is CC(C)Oc1ccccc1[C@@H]1CNCCN1.Cl. The number of rotatable bonds is 3. The van der Waals surface area contributed by atoms with Crippen molar-refractivity contribution in [3.63, 3.8) is 0 Å². The van der Waals surface area contributed by atoms with Crippen molar-refractivity contribution in [2.75, 3.05) is 19.6 Å². The molecule has 96 valence electrons. The van der Waals surface area contributed by atoms with Crippen molar-refractivity contribution in [1.29, 1.82) is 0 Å². The fraction of sp³-hybridized carbons (Fsp3) is 0.538. The van der Waals surface area contributed by atoms with Gasteiger partial charge in [-0.25, -0.2) is 0 Å². The van der Waals surface area contributed by atoms with E-state index in [9.17, 15) is 0 Å². The number of piperazine rings is 1. The second-order valence-electron chi connectivity index (χ2n) is 4.42. The van der Waals surface area contributed by atoms with Gasteiger partial charge in [0.2, 0.25) is 0 Å². The molecule has 0 spiro atoms. The molecule has 0 bridgehead atoms. The maximum atomic E-state index is 5.83. The van der Waals surface area contributed by atoms with Crippen molar-refractivity contribution < 1.29 is 4.74 Å². The van der Waals surface area contributed by atoms with Gasteiger partial charge in [-0.2, -0.15) is 0 Å². The van der Waals surface area contributed by atoms with E-state index in [1.165, 1.54) is 5.56 Å². The first-order chi connectivity index (χ1) is 7.77. The zero-order valence-corrected chi connectivity index (χ0v) is 11.2. The van der Waals surface area contributed by atoms with Crippen molar-refractivity contribution in [2.24, 2.45) is 0 Å². The van der Waals surface area contributed by atoms with Gasteiger partial charge >= 0.3 is 0 Å². The van der Waals surface area contributed by atoms with E-state index >= 15 is 0 Å². The van der Waals surface area contributed by atoms with Crippen LogP contribution in [0.3, 0.4) is 0 Å². The van der Waals surface area contributed by atoms with Gasteiger partial charge in [0.25, 0.3) is 0 Å². The molecule has 1 aliphatic rings. The van der Waals surface area contributed by atoms with Crippen molar-refractivity contribution in [2.45, 2.75) is 26.0 Å². The molecule has 1 heterocycles. The number of para-hydroxylation sites is 1. The highest BCUT2D eigenvalue weighted by molar-refractivity contribution is 5.85. The second-order valence-corrected chi connectivity index (χ2v) is 4.42. The molecular weight excluding hydrogens is 236 g/mol. The Kier molecular flexibility index (Phi) is 5.75. The maximum absolute atomic E-state index is 5.83. The molecule has 0 aromatic heterocycles. The maximum Gasteiger partial charge on any atom is 0.124 e. The molecule has 0 unspecified atom stereocenters. The Morgan fingerprint density at radius 3 is 2.65 bits per heavy atom. The van der Waals surface area contributed by atoms with E-state index in [0.29, 0.717) is 6.04 Å². The van der Waals surface area contributed by atoms with Gasteiger partial charge in [0, 0.05) is 31.2 Å². The third kappa shape index (κ3) is 3.87. The highest BCUT2D eigenvalue weighted by Gasteiger charge is 2.18. The van der Waals surface area contributed by atoms with E-state index < -0.39 is 0 Å². The Hall–Kier alpha value is -0.770. The summed E-state index contributed by atoms with van der Waals surface area (Å²) >= 11 is 0. The van der Waals surface area contributed by atoms with Crippen LogP contribution < -0.4 is 15.4 Å². The Morgan fingerprint density at radius 2 is 2.00 bits per heavy atom. The van der Waals surface area contributed by atoms with Crippen LogP contribution in [0.5, 0.6) is 5.75 Å². The Labute approximate surface area is 109 Å². The molecule has 0 amide bonds. The Balaban J connectivity index is 0.00000144. The smallest absolute Gasteiger partial charge is 0.124 e. The number of hydrogen-bond donors (Lipinski definition) is 2. The van der Waals surface area contributed by atoms with E-state index in [4.69, 9.17) is 4.74 Å². The lowest BCUT2D eigenvalue weighted by Crippen LogP contribution is -2.42. The van der Waals surface area contributed by atoms with Crippen LogP contribution in [0.25, 0.3) is 0 Å². The highest BCUT2D eigenvalue weighted by atomic mass is 35.5. The van der Waals surface area contributed by atoms with Gasteiger partial charge in [0.05, 0.1) is 6.10 Å². The van der Waals surface area contributed by atoms with Crippen molar-refractivity contribution >= 4 is 12.4 Å². The predicted octanol–water partition coefficient (Wildman–Crippen LogP) is 2.13. The topological polar surface area (TPSA) is 33.3 Å². The summed E-state index contributed by atoms with van der Waals surface area (Å²) in [6.07, 6.45) is 0.220. The summed E-state index contributed by atoms with van der Waals surface area (Å²) in [5.74, 6) is 0.999. The summed E-state index contributed by atoms with van der Waals surface area (Å²) in [6, 6.07) is 8.65. The molecule has 0 saturated carbocycles. The molecule has 2 rings (SSSR count). The van der Waals surface area contributed by atoms with E-state index in [1.54, 1.807) is 0 Å². The first-order valence-corrected chi connectivity index (χ1v) is 5.97. The minimum atomic E-state index is 0. The fourth-order valence-electron chi connectivity index (χ4n) is 2.00. The van der Waals surface area contributed by atoms with Gasteiger partial charge in [0.1, 0.15) is 5.75 Å². The van der Waals surface area contributed by atoms with Crippen LogP contribution in [0.1, 0.15) is 25.5 Å². The van der Waals surface area contributed by atoms with Gasteiger partial charge in [-0.05, 0) is 19.9 Å². The molecular formula is C13H21ClN2O. The average Bonchev–Trinajstić information content (AvgIpc) is 2.30. The van der Waals surface area contributed by atoms with Crippen LogP contribution >= 0.6 is 12.4 Å². The summed E-state index contributed by atoms with van der Waals surface area (Å²) in [6.45, 7) is 7.15. The normalized spacial score (nSPS) is 19.8. The summed E-state index contributed by atoms with van der Waals surface area (Å²) in [5, 5.41) is 6.90. The summed E-state index contributed by atoms with van der Waals surface area (Å²) in [4.78, 5) is 0. The van der Waals surface area contributed by atoms with E-state index in [-0.39, 0.29) is 18.5 Å². The molecule has 3 nitrogen and oxygen atoms in total. The number of halogens is 1. The largest absolute Gasteiger partial charge is 0.491 e. The number of ether oxygens (including phenoxy) is 1. The van der Waals surface area contributed by atoms with Gasteiger partial charge in [-0.3, -0.25) is 0 Å². The van der Waals surface area contributed by atoms with Crippen LogP contribution in [-0.4, -0.2) is 25.7 Å². The summed E-state index contributed by atoms with van der Waals surface area (Å²) in [7, 11) is 0. The molecule has 17 heavy (non-hydrogen) atoms. The fourth-order valence-corrected chi connectivity index (χ4v) is 2.00. The molecule has 1 aromatic rings. The standard InChI is InChI=1S/C13H20N2O.ClH/c1-10(2)16-13-6-4-3-5-11(13)12-9-14-7-8-15-12;/h3-6,10,12,14-15H,7-9H2,1-2H3;1H/t12-;/m0./s1. The number of nitrogens with one attached hydrogen (secondary N) is 2. The molecule has 4 heteroatoms. The molecule has 0 aliphatic carbocycles. The number of benzene rings is 1. The van der Waals surface area contributed by atoms with Crippen LogP contribution in [0.2, 0.25) is 0 Å². The Bertz CT molecular complexity index is 338. The molecule has 1 saturated heterocycles. The van der Waals surface area contributed by atoms with Gasteiger partial charge in [-0.1, -0.05) is 18.2 Å². The van der Waals surface area contributed by atoms with Crippen LogP contribution in [0, 0.1) is 0 Å². The minimum Gasteiger partial charge on any atom is -0.491 e.